The van der Waals surface area contributed by atoms with Crippen molar-refractivity contribution in [1.29, 1.82) is 0 Å². The maximum atomic E-state index is 9.57. The lowest BCUT2D eigenvalue weighted by atomic mass is 9.83. The Morgan fingerprint density at radius 3 is 2.61 bits per heavy atom. The van der Waals surface area contributed by atoms with Crippen LogP contribution in [0.1, 0.15) is 56.1 Å². The smallest absolute Gasteiger partial charge is 0.122 e. The molecule has 0 radical (unpaired) electrons. The molecular weight excluding hydrogens is 224 g/mol. The lowest BCUT2D eigenvalue weighted by Gasteiger charge is -2.23. The summed E-state index contributed by atoms with van der Waals surface area (Å²) in [5.41, 5.74) is 2.56. The zero-order valence-electron chi connectivity index (χ0n) is 11.5. The van der Waals surface area contributed by atoms with Gasteiger partial charge in [0.2, 0.25) is 0 Å². The molecule has 1 N–H and O–H groups in total. The van der Waals surface area contributed by atoms with Crippen molar-refractivity contribution in [2.24, 2.45) is 0 Å². The van der Waals surface area contributed by atoms with E-state index in [4.69, 9.17) is 4.74 Å². The maximum absolute atomic E-state index is 9.57. The monoisotopic (exact) mass is 248 g/mol. The first kappa shape index (κ1) is 13.4. The lowest BCUT2D eigenvalue weighted by molar-refractivity contribution is 0.194. The third-order valence-electron chi connectivity index (χ3n) is 3.90. The quantitative estimate of drug-likeness (QED) is 0.881. The average Bonchev–Trinajstić information content (AvgIpc) is 2.39. The second-order valence-corrected chi connectivity index (χ2v) is 5.46. The van der Waals surface area contributed by atoms with E-state index >= 15 is 0 Å². The average molecular weight is 248 g/mol. The first-order chi connectivity index (χ1) is 8.70. The molecule has 18 heavy (non-hydrogen) atoms. The molecule has 0 amide bonds. The Balaban J connectivity index is 2.20. The molecule has 0 aliphatic heterocycles. The molecule has 1 fully saturated rings. The van der Waals surface area contributed by atoms with E-state index in [0.717, 1.165) is 11.3 Å². The van der Waals surface area contributed by atoms with Crippen LogP contribution in [-0.4, -0.2) is 18.3 Å². The van der Waals surface area contributed by atoms with Crippen LogP contribution in [0, 0.1) is 0 Å². The number of methoxy groups -OCH3 is 1. The number of aliphatic hydroxyl groups is 1. The van der Waals surface area contributed by atoms with Gasteiger partial charge in [-0.3, -0.25) is 0 Å². The predicted octanol–water partition coefficient (Wildman–Crippen LogP) is 3.67. The van der Waals surface area contributed by atoms with E-state index in [1.807, 2.05) is 6.92 Å². The Morgan fingerprint density at radius 1 is 1.28 bits per heavy atom. The van der Waals surface area contributed by atoms with Gasteiger partial charge in [-0.25, -0.2) is 0 Å². The topological polar surface area (TPSA) is 29.5 Å². The second kappa shape index (κ2) is 6.24. The minimum absolute atomic E-state index is 0.319. The van der Waals surface area contributed by atoms with Crippen molar-refractivity contribution in [3.05, 3.63) is 29.3 Å². The molecule has 1 atom stereocenters. The number of hydrogen-bond acceptors (Lipinski definition) is 2. The van der Waals surface area contributed by atoms with Crippen molar-refractivity contribution in [2.45, 2.75) is 57.5 Å². The molecule has 2 rings (SSSR count). The van der Waals surface area contributed by atoms with Gasteiger partial charge in [-0.2, -0.15) is 0 Å². The van der Waals surface area contributed by atoms with E-state index in [1.54, 1.807) is 7.11 Å². The highest BCUT2D eigenvalue weighted by Crippen LogP contribution is 2.34. The van der Waals surface area contributed by atoms with Crippen molar-refractivity contribution < 1.29 is 9.84 Å². The molecule has 1 aliphatic carbocycles. The Kier molecular flexibility index (Phi) is 4.65. The minimum atomic E-state index is -0.319. The summed E-state index contributed by atoms with van der Waals surface area (Å²) in [5, 5.41) is 9.57. The largest absolute Gasteiger partial charge is 0.496 e. The predicted molar refractivity (Wildman–Crippen MR) is 74.2 cm³/mol. The van der Waals surface area contributed by atoms with E-state index in [0.29, 0.717) is 12.3 Å². The van der Waals surface area contributed by atoms with Crippen molar-refractivity contribution in [1.82, 2.24) is 0 Å². The third-order valence-corrected chi connectivity index (χ3v) is 3.90. The molecule has 1 aromatic rings. The summed E-state index contributed by atoms with van der Waals surface area (Å²) >= 11 is 0. The number of rotatable bonds is 4. The number of benzene rings is 1. The molecule has 100 valence electrons. The fraction of sp³-hybridized carbons (Fsp3) is 0.625. The summed E-state index contributed by atoms with van der Waals surface area (Å²) in [7, 11) is 1.70. The lowest BCUT2D eigenvalue weighted by Crippen LogP contribution is -2.09. The zero-order chi connectivity index (χ0) is 13.0. The summed E-state index contributed by atoms with van der Waals surface area (Å²) in [5.74, 6) is 1.60. The van der Waals surface area contributed by atoms with Gasteiger partial charge in [0.25, 0.3) is 0 Å². The Labute approximate surface area is 110 Å². The Hall–Kier alpha value is -1.02. The normalized spacial score (nSPS) is 18.6. The molecule has 0 heterocycles. The minimum Gasteiger partial charge on any atom is -0.496 e. The molecule has 0 saturated heterocycles. The van der Waals surface area contributed by atoms with Gasteiger partial charge in [0, 0.05) is 6.42 Å². The van der Waals surface area contributed by atoms with E-state index in [2.05, 4.69) is 18.2 Å². The number of aliphatic hydroxyl groups excluding tert-OH is 1. The van der Waals surface area contributed by atoms with E-state index in [1.165, 1.54) is 37.7 Å². The van der Waals surface area contributed by atoms with Gasteiger partial charge in [-0.1, -0.05) is 31.4 Å². The SMILES string of the molecule is COc1ccc(C2CCCCC2)cc1CC(C)O. The molecular formula is C16H24O2. The Bertz CT molecular complexity index is 379. The molecule has 0 bridgehead atoms. The first-order valence-electron chi connectivity index (χ1n) is 7.05. The highest BCUT2D eigenvalue weighted by Gasteiger charge is 2.17. The van der Waals surface area contributed by atoms with Crippen LogP contribution >= 0.6 is 0 Å². The number of hydrogen-bond donors (Lipinski definition) is 1. The van der Waals surface area contributed by atoms with Crippen LogP contribution in [0.25, 0.3) is 0 Å². The standard InChI is InChI=1S/C16H24O2/c1-12(17)10-15-11-14(8-9-16(15)18-2)13-6-4-3-5-7-13/h8-9,11-13,17H,3-7,10H2,1-2H3. The van der Waals surface area contributed by atoms with Crippen LogP contribution in [-0.2, 0) is 6.42 Å². The highest BCUT2D eigenvalue weighted by molar-refractivity contribution is 5.39. The first-order valence-corrected chi connectivity index (χ1v) is 7.05. The van der Waals surface area contributed by atoms with E-state index < -0.39 is 0 Å². The molecule has 2 nitrogen and oxygen atoms in total. The summed E-state index contributed by atoms with van der Waals surface area (Å²) in [6, 6.07) is 6.49. The summed E-state index contributed by atoms with van der Waals surface area (Å²) in [6.45, 7) is 1.83. The summed E-state index contributed by atoms with van der Waals surface area (Å²) in [6.07, 6.45) is 7.04. The number of ether oxygens (including phenoxy) is 1. The molecule has 2 heteroatoms. The van der Waals surface area contributed by atoms with Gasteiger partial charge in [-0.05, 0) is 42.9 Å². The fourth-order valence-corrected chi connectivity index (χ4v) is 2.97. The third kappa shape index (κ3) is 3.26. The van der Waals surface area contributed by atoms with E-state index in [-0.39, 0.29) is 6.10 Å². The van der Waals surface area contributed by atoms with Gasteiger partial charge in [0.15, 0.2) is 0 Å². The van der Waals surface area contributed by atoms with E-state index in [9.17, 15) is 5.11 Å². The molecule has 1 aromatic carbocycles. The van der Waals surface area contributed by atoms with Gasteiger partial charge >= 0.3 is 0 Å². The molecule has 1 saturated carbocycles. The van der Waals surface area contributed by atoms with Crippen LogP contribution in [0.15, 0.2) is 18.2 Å². The van der Waals surface area contributed by atoms with Gasteiger partial charge in [0.05, 0.1) is 13.2 Å². The molecule has 1 unspecified atom stereocenters. The van der Waals surface area contributed by atoms with Crippen molar-refractivity contribution >= 4 is 0 Å². The Morgan fingerprint density at radius 2 is 2.00 bits per heavy atom. The van der Waals surface area contributed by atoms with Crippen LogP contribution in [0.4, 0.5) is 0 Å². The molecule has 0 aromatic heterocycles. The van der Waals surface area contributed by atoms with Gasteiger partial charge < -0.3 is 9.84 Å². The molecule has 0 spiro atoms. The van der Waals surface area contributed by atoms with Gasteiger partial charge in [-0.15, -0.1) is 0 Å². The van der Waals surface area contributed by atoms with Crippen LogP contribution in [0.3, 0.4) is 0 Å². The highest BCUT2D eigenvalue weighted by atomic mass is 16.5. The van der Waals surface area contributed by atoms with Crippen LogP contribution in [0.2, 0.25) is 0 Å². The van der Waals surface area contributed by atoms with Crippen LogP contribution < -0.4 is 4.74 Å². The van der Waals surface area contributed by atoms with Crippen molar-refractivity contribution in [3.63, 3.8) is 0 Å². The van der Waals surface area contributed by atoms with Crippen molar-refractivity contribution in [2.75, 3.05) is 7.11 Å². The fourth-order valence-electron chi connectivity index (χ4n) is 2.97. The van der Waals surface area contributed by atoms with Gasteiger partial charge in [0.1, 0.15) is 5.75 Å². The zero-order valence-corrected chi connectivity index (χ0v) is 11.5. The maximum Gasteiger partial charge on any atom is 0.122 e. The second-order valence-electron chi connectivity index (χ2n) is 5.46. The summed E-state index contributed by atoms with van der Waals surface area (Å²) in [4.78, 5) is 0. The van der Waals surface area contributed by atoms with Crippen LogP contribution in [0.5, 0.6) is 5.75 Å². The van der Waals surface area contributed by atoms with Crippen molar-refractivity contribution in [3.8, 4) is 5.75 Å². The molecule has 1 aliphatic rings. The summed E-state index contributed by atoms with van der Waals surface area (Å²) < 4.78 is 5.38.